The van der Waals surface area contributed by atoms with Crippen LogP contribution in [0.4, 0.5) is 0 Å². The molecule has 2 rings (SSSR count). The van der Waals surface area contributed by atoms with E-state index in [9.17, 15) is 4.79 Å². The highest BCUT2D eigenvalue weighted by Crippen LogP contribution is 2.31. The average Bonchev–Trinajstić information content (AvgIpc) is 2.87. The first-order chi connectivity index (χ1) is 10.5. The summed E-state index contributed by atoms with van der Waals surface area (Å²) < 4.78 is 0. The third-order valence-electron chi connectivity index (χ3n) is 3.75. The molecule has 0 saturated heterocycles. The zero-order valence-electron chi connectivity index (χ0n) is 13.4. The number of hydrazine groups is 1. The quantitative estimate of drug-likeness (QED) is 0.464. The van der Waals surface area contributed by atoms with Gasteiger partial charge in [0, 0.05) is 4.88 Å². The fraction of sp³-hybridized carbons (Fsp3) is 0.600. The lowest BCUT2D eigenvalue weighted by Crippen LogP contribution is -3.06. The second-order valence-electron chi connectivity index (χ2n) is 6.20. The Bertz CT molecular complexity index is 542. The van der Waals surface area contributed by atoms with Gasteiger partial charge in [-0.1, -0.05) is 6.92 Å². The monoisotopic (exact) mass is 341 g/mol. The molecular weight excluding hydrogens is 316 g/mol. The largest absolute Gasteiger partial charge is 0.356 e. The lowest BCUT2D eigenvalue weighted by Gasteiger charge is -2.16. The molecule has 0 radical (unpaired) electrons. The van der Waals surface area contributed by atoms with Crippen LogP contribution in [0.3, 0.4) is 0 Å². The minimum atomic E-state index is -0.116. The molecule has 1 aliphatic rings. The number of hydrogen-bond donors (Lipinski definition) is 4. The van der Waals surface area contributed by atoms with Crippen molar-refractivity contribution in [2.45, 2.75) is 26.2 Å². The summed E-state index contributed by atoms with van der Waals surface area (Å²) >= 11 is 6.73. The van der Waals surface area contributed by atoms with Crippen molar-refractivity contribution in [3.63, 3.8) is 0 Å². The summed E-state index contributed by atoms with van der Waals surface area (Å²) in [6.07, 6.45) is 3.39. The molecule has 0 bridgehead atoms. The van der Waals surface area contributed by atoms with E-state index in [1.165, 1.54) is 21.8 Å². The number of hydrogen-bond acceptors (Lipinski definition) is 3. The van der Waals surface area contributed by atoms with E-state index in [1.54, 1.807) is 11.3 Å². The molecule has 1 aromatic heterocycles. The molecule has 0 unspecified atom stereocenters. The fourth-order valence-electron chi connectivity index (χ4n) is 2.46. The molecule has 1 heterocycles. The predicted molar refractivity (Wildman–Crippen MR) is 94.4 cm³/mol. The Morgan fingerprint density at radius 1 is 1.45 bits per heavy atom. The zero-order chi connectivity index (χ0) is 16.1. The molecule has 122 valence electrons. The molecular formula is C15H25N4OS2+. The molecule has 0 aromatic carbocycles. The highest BCUT2D eigenvalue weighted by Gasteiger charge is 2.20. The summed E-state index contributed by atoms with van der Waals surface area (Å²) in [4.78, 5) is 15.6. The molecule has 5 nitrogen and oxygen atoms in total. The number of quaternary nitrogens is 1. The van der Waals surface area contributed by atoms with Gasteiger partial charge in [-0.2, -0.15) is 0 Å². The molecule has 1 aliphatic carbocycles. The molecule has 1 aromatic rings. The van der Waals surface area contributed by atoms with Gasteiger partial charge in [-0.15, -0.1) is 11.3 Å². The molecule has 0 saturated carbocycles. The summed E-state index contributed by atoms with van der Waals surface area (Å²) in [5.41, 5.74) is 6.77. The molecule has 1 atom stereocenters. The highest BCUT2D eigenvalue weighted by molar-refractivity contribution is 7.80. The van der Waals surface area contributed by atoms with Crippen LogP contribution in [0.25, 0.3) is 0 Å². The van der Waals surface area contributed by atoms with Crippen LogP contribution in [0.5, 0.6) is 0 Å². The number of carbonyl (C=O) groups is 1. The normalized spacial score (nSPS) is 17.0. The van der Waals surface area contributed by atoms with Crippen molar-refractivity contribution in [3.05, 3.63) is 21.4 Å². The van der Waals surface area contributed by atoms with E-state index in [2.05, 4.69) is 37.2 Å². The minimum absolute atomic E-state index is 0.116. The van der Waals surface area contributed by atoms with Gasteiger partial charge >= 0.3 is 0 Å². The highest BCUT2D eigenvalue weighted by atomic mass is 32.1. The standard InChI is InChI=1S/C15H24N4OS2/c1-10-4-5-12-11(8-10)9-13(22-12)14(20)17-18-15(21)16-6-7-19(2)3/h9-10H,4-8H2,1-3H3,(H,17,20)(H2,16,18,21)/p+1/t10-/m0/s1. The van der Waals surface area contributed by atoms with Gasteiger partial charge < -0.3 is 10.2 Å². The minimum Gasteiger partial charge on any atom is -0.356 e. The van der Waals surface area contributed by atoms with Crippen LogP contribution in [-0.4, -0.2) is 38.2 Å². The van der Waals surface area contributed by atoms with Gasteiger partial charge in [0.2, 0.25) is 0 Å². The van der Waals surface area contributed by atoms with Crippen LogP contribution < -0.4 is 21.1 Å². The number of nitrogens with one attached hydrogen (secondary N) is 4. The van der Waals surface area contributed by atoms with Gasteiger partial charge in [0.15, 0.2) is 5.11 Å². The van der Waals surface area contributed by atoms with Crippen molar-refractivity contribution in [1.29, 1.82) is 0 Å². The van der Waals surface area contributed by atoms with Crippen molar-refractivity contribution in [2.75, 3.05) is 27.2 Å². The van der Waals surface area contributed by atoms with Gasteiger partial charge in [-0.3, -0.25) is 15.6 Å². The Labute approximate surface area is 141 Å². The molecule has 4 N–H and O–H groups in total. The maximum atomic E-state index is 12.2. The molecule has 0 fully saturated rings. The molecule has 1 amide bonds. The summed E-state index contributed by atoms with van der Waals surface area (Å²) in [6, 6.07) is 2.03. The van der Waals surface area contributed by atoms with Gasteiger partial charge in [0.1, 0.15) is 0 Å². The maximum absolute atomic E-state index is 12.2. The smallest absolute Gasteiger partial charge is 0.279 e. The summed E-state index contributed by atoms with van der Waals surface area (Å²) in [6.45, 7) is 4.00. The lowest BCUT2D eigenvalue weighted by atomic mass is 9.90. The Morgan fingerprint density at radius 3 is 2.95 bits per heavy atom. The topological polar surface area (TPSA) is 57.6 Å². The first-order valence-electron chi connectivity index (χ1n) is 7.70. The lowest BCUT2D eigenvalue weighted by molar-refractivity contribution is -0.856. The second-order valence-corrected chi connectivity index (χ2v) is 7.74. The number of amides is 1. The van der Waals surface area contributed by atoms with E-state index < -0.39 is 0 Å². The average molecular weight is 342 g/mol. The Hall–Kier alpha value is -1.18. The number of thiophene rings is 1. The Morgan fingerprint density at radius 2 is 2.23 bits per heavy atom. The van der Waals surface area contributed by atoms with Crippen molar-refractivity contribution >= 4 is 34.6 Å². The van der Waals surface area contributed by atoms with Crippen molar-refractivity contribution in [3.8, 4) is 0 Å². The number of aryl methyl sites for hydroxylation is 1. The van der Waals surface area contributed by atoms with E-state index >= 15 is 0 Å². The van der Waals surface area contributed by atoms with Crippen LogP contribution in [0.15, 0.2) is 6.07 Å². The van der Waals surface area contributed by atoms with Crippen molar-refractivity contribution in [1.82, 2.24) is 16.2 Å². The summed E-state index contributed by atoms with van der Waals surface area (Å²) in [5, 5.41) is 3.51. The fourth-order valence-corrected chi connectivity index (χ4v) is 3.72. The van der Waals surface area contributed by atoms with Gasteiger partial charge in [-0.25, -0.2) is 0 Å². The van der Waals surface area contributed by atoms with Gasteiger partial charge in [0.25, 0.3) is 5.91 Å². The van der Waals surface area contributed by atoms with E-state index in [-0.39, 0.29) is 5.91 Å². The van der Waals surface area contributed by atoms with Crippen LogP contribution >= 0.6 is 23.6 Å². The van der Waals surface area contributed by atoms with Gasteiger partial charge in [-0.05, 0) is 49.0 Å². The number of carbonyl (C=O) groups excluding carboxylic acids is 1. The van der Waals surface area contributed by atoms with Crippen LogP contribution in [0.2, 0.25) is 0 Å². The van der Waals surface area contributed by atoms with Crippen LogP contribution in [0, 0.1) is 5.92 Å². The first kappa shape index (κ1) is 17.2. The number of likely N-dealkylation sites (N-methyl/N-ethyl adjacent to an activating group) is 1. The SMILES string of the molecule is C[C@H]1CCc2sc(C(=O)NNC(=S)NCC[NH+](C)C)cc2C1. The third kappa shape index (κ3) is 4.93. The Balaban J connectivity index is 1.79. The predicted octanol–water partition coefficient (Wildman–Crippen LogP) is 0.126. The third-order valence-corrected chi connectivity index (χ3v) is 5.24. The number of thiocarbonyl (C=S) groups is 1. The van der Waals surface area contributed by atoms with Crippen molar-refractivity contribution in [2.24, 2.45) is 5.92 Å². The zero-order valence-corrected chi connectivity index (χ0v) is 15.0. The maximum Gasteiger partial charge on any atom is 0.279 e. The molecule has 22 heavy (non-hydrogen) atoms. The molecule has 0 aliphatic heterocycles. The number of fused-ring (bicyclic) bond motifs is 1. The second kappa shape index (κ2) is 7.89. The first-order valence-corrected chi connectivity index (χ1v) is 8.93. The summed E-state index contributed by atoms with van der Waals surface area (Å²) in [7, 11) is 4.17. The number of rotatable bonds is 4. The van der Waals surface area contributed by atoms with Crippen LogP contribution in [0.1, 0.15) is 33.5 Å². The summed E-state index contributed by atoms with van der Waals surface area (Å²) in [5.74, 6) is 0.598. The van der Waals surface area contributed by atoms with E-state index in [4.69, 9.17) is 12.2 Å². The molecule has 0 spiro atoms. The van der Waals surface area contributed by atoms with E-state index in [0.29, 0.717) is 11.0 Å². The van der Waals surface area contributed by atoms with Crippen molar-refractivity contribution < 1.29 is 9.69 Å². The van der Waals surface area contributed by atoms with Gasteiger partial charge in [0.05, 0.1) is 32.1 Å². The Kier molecular flexibility index (Phi) is 6.16. The van der Waals surface area contributed by atoms with Crippen LogP contribution in [-0.2, 0) is 12.8 Å². The van der Waals surface area contributed by atoms with E-state index in [1.807, 2.05) is 6.07 Å². The van der Waals surface area contributed by atoms with E-state index in [0.717, 1.165) is 30.8 Å². The molecule has 7 heteroatoms.